The number of nitrogens with zero attached hydrogens (tertiary/aromatic N) is 1. The minimum Gasteiger partial charge on any atom is -0.314 e. The first-order valence-electron chi connectivity index (χ1n) is 5.90. The second-order valence-corrected chi connectivity index (χ2v) is 4.33. The number of anilines is 1. The van der Waals surface area contributed by atoms with Gasteiger partial charge in [0.2, 0.25) is 0 Å². The van der Waals surface area contributed by atoms with Crippen molar-refractivity contribution in [3.05, 3.63) is 69.3 Å². The van der Waals surface area contributed by atoms with Crippen molar-refractivity contribution >= 4 is 17.3 Å². The standard InChI is InChI=1S/C14H10F2N2O3/c1-8-5-6-9(11(16)7-8)14(19)17-13-10(15)3-2-4-12(13)18(20)21/h2-7H,1H3,(H,17,19). The molecular weight excluding hydrogens is 282 g/mol. The molecule has 108 valence electrons. The molecule has 2 aromatic rings. The fourth-order valence-electron chi connectivity index (χ4n) is 1.77. The number of hydrogen-bond acceptors (Lipinski definition) is 3. The van der Waals surface area contributed by atoms with Crippen LogP contribution in [0.4, 0.5) is 20.2 Å². The van der Waals surface area contributed by atoms with E-state index in [1.807, 2.05) is 5.32 Å². The van der Waals surface area contributed by atoms with Gasteiger partial charge in [-0.25, -0.2) is 8.78 Å². The molecule has 5 nitrogen and oxygen atoms in total. The van der Waals surface area contributed by atoms with Gasteiger partial charge in [0.15, 0.2) is 11.5 Å². The number of nitro benzene ring substituents is 1. The Morgan fingerprint density at radius 2 is 1.90 bits per heavy atom. The zero-order chi connectivity index (χ0) is 15.6. The Bertz CT molecular complexity index is 732. The normalized spacial score (nSPS) is 10.2. The lowest BCUT2D eigenvalue weighted by Crippen LogP contribution is -2.16. The van der Waals surface area contributed by atoms with Crippen LogP contribution in [0.1, 0.15) is 15.9 Å². The summed E-state index contributed by atoms with van der Waals surface area (Å²) in [4.78, 5) is 21.9. The summed E-state index contributed by atoms with van der Waals surface area (Å²) in [5.74, 6) is -2.71. The molecule has 0 bridgehead atoms. The molecule has 0 aliphatic carbocycles. The second-order valence-electron chi connectivity index (χ2n) is 4.33. The number of carbonyl (C=O) groups excluding carboxylic acids is 1. The summed E-state index contributed by atoms with van der Waals surface area (Å²) >= 11 is 0. The van der Waals surface area contributed by atoms with Crippen molar-refractivity contribution in [1.29, 1.82) is 0 Å². The summed E-state index contributed by atoms with van der Waals surface area (Å²) in [5.41, 5.74) is -0.901. The predicted molar refractivity (Wildman–Crippen MR) is 72.1 cm³/mol. The van der Waals surface area contributed by atoms with E-state index in [-0.39, 0.29) is 5.56 Å². The van der Waals surface area contributed by atoms with Gasteiger partial charge in [0.1, 0.15) is 5.82 Å². The molecule has 0 aliphatic rings. The van der Waals surface area contributed by atoms with Crippen molar-refractivity contribution in [2.45, 2.75) is 6.92 Å². The zero-order valence-corrected chi connectivity index (χ0v) is 10.9. The molecule has 0 atom stereocenters. The number of nitrogens with one attached hydrogen (secondary N) is 1. The molecular formula is C14H10F2N2O3. The van der Waals surface area contributed by atoms with Gasteiger partial charge in [-0.1, -0.05) is 12.1 Å². The summed E-state index contributed by atoms with van der Waals surface area (Å²) in [6.07, 6.45) is 0. The molecule has 0 aliphatic heterocycles. The van der Waals surface area contributed by atoms with E-state index in [9.17, 15) is 23.7 Å². The van der Waals surface area contributed by atoms with Crippen LogP contribution >= 0.6 is 0 Å². The molecule has 0 saturated heterocycles. The number of nitro groups is 1. The number of halogens is 2. The SMILES string of the molecule is Cc1ccc(C(=O)Nc2c(F)cccc2[N+](=O)[O-])c(F)c1. The third-order valence-corrected chi connectivity index (χ3v) is 2.80. The minimum atomic E-state index is -0.968. The van der Waals surface area contributed by atoms with Crippen LogP contribution in [-0.2, 0) is 0 Å². The summed E-state index contributed by atoms with van der Waals surface area (Å²) in [5, 5.41) is 12.9. The predicted octanol–water partition coefficient (Wildman–Crippen LogP) is 3.43. The molecule has 0 unspecified atom stereocenters. The first kappa shape index (κ1) is 14.6. The van der Waals surface area contributed by atoms with Gasteiger partial charge in [-0.3, -0.25) is 14.9 Å². The molecule has 2 aromatic carbocycles. The lowest BCUT2D eigenvalue weighted by atomic mass is 10.1. The van der Waals surface area contributed by atoms with E-state index in [1.165, 1.54) is 12.1 Å². The molecule has 0 heterocycles. The van der Waals surface area contributed by atoms with E-state index in [0.29, 0.717) is 5.56 Å². The van der Waals surface area contributed by atoms with E-state index in [2.05, 4.69) is 0 Å². The Kier molecular flexibility index (Phi) is 3.93. The molecule has 1 N–H and O–H groups in total. The molecule has 1 amide bonds. The van der Waals surface area contributed by atoms with Crippen molar-refractivity contribution in [2.75, 3.05) is 5.32 Å². The first-order valence-corrected chi connectivity index (χ1v) is 5.90. The highest BCUT2D eigenvalue weighted by atomic mass is 19.1. The summed E-state index contributed by atoms with van der Waals surface area (Å²) in [7, 11) is 0. The summed E-state index contributed by atoms with van der Waals surface area (Å²) in [6.45, 7) is 1.65. The minimum absolute atomic E-state index is 0.321. The smallest absolute Gasteiger partial charge is 0.295 e. The second kappa shape index (κ2) is 5.66. The van der Waals surface area contributed by atoms with Crippen LogP contribution in [0.3, 0.4) is 0 Å². The molecule has 21 heavy (non-hydrogen) atoms. The number of rotatable bonds is 3. The average Bonchev–Trinajstić information content (AvgIpc) is 2.40. The fraction of sp³-hybridized carbons (Fsp3) is 0.0714. The first-order chi connectivity index (χ1) is 9.90. The molecule has 0 fully saturated rings. The number of amides is 1. The van der Waals surface area contributed by atoms with Crippen molar-refractivity contribution in [3.63, 3.8) is 0 Å². The van der Waals surface area contributed by atoms with E-state index >= 15 is 0 Å². The van der Waals surface area contributed by atoms with Gasteiger partial charge in [-0.15, -0.1) is 0 Å². The number of aryl methyl sites for hydroxylation is 1. The van der Waals surface area contributed by atoms with Crippen molar-refractivity contribution < 1.29 is 18.5 Å². The summed E-state index contributed by atoms with van der Waals surface area (Å²) < 4.78 is 27.3. The Labute approximate surface area is 118 Å². The number of carbonyl (C=O) groups is 1. The van der Waals surface area contributed by atoms with Gasteiger partial charge in [0.05, 0.1) is 10.5 Å². The van der Waals surface area contributed by atoms with Crippen LogP contribution in [-0.4, -0.2) is 10.8 Å². The largest absolute Gasteiger partial charge is 0.314 e. The van der Waals surface area contributed by atoms with Gasteiger partial charge in [-0.05, 0) is 30.7 Å². The van der Waals surface area contributed by atoms with E-state index in [4.69, 9.17) is 0 Å². The highest BCUT2D eigenvalue weighted by Crippen LogP contribution is 2.27. The molecule has 0 saturated carbocycles. The maximum absolute atomic E-state index is 13.7. The Balaban J connectivity index is 2.38. The molecule has 7 heteroatoms. The van der Waals surface area contributed by atoms with Gasteiger partial charge < -0.3 is 5.32 Å². The quantitative estimate of drug-likeness (QED) is 0.695. The Hall–Kier alpha value is -2.83. The number of benzene rings is 2. The van der Waals surface area contributed by atoms with Crippen LogP contribution in [0.25, 0.3) is 0 Å². The topological polar surface area (TPSA) is 72.2 Å². The van der Waals surface area contributed by atoms with Crippen LogP contribution in [0.2, 0.25) is 0 Å². The number of para-hydroxylation sites is 1. The van der Waals surface area contributed by atoms with Crippen LogP contribution in [0.5, 0.6) is 0 Å². The molecule has 0 aromatic heterocycles. The van der Waals surface area contributed by atoms with Gasteiger partial charge in [0.25, 0.3) is 11.6 Å². The van der Waals surface area contributed by atoms with Gasteiger partial charge in [0, 0.05) is 6.07 Å². The van der Waals surface area contributed by atoms with E-state index in [1.54, 1.807) is 6.92 Å². The maximum Gasteiger partial charge on any atom is 0.295 e. The van der Waals surface area contributed by atoms with Crippen LogP contribution < -0.4 is 5.32 Å². The Morgan fingerprint density at radius 1 is 1.19 bits per heavy atom. The number of hydrogen-bond donors (Lipinski definition) is 1. The molecule has 0 spiro atoms. The average molecular weight is 292 g/mol. The fourth-order valence-corrected chi connectivity index (χ4v) is 1.77. The Morgan fingerprint density at radius 3 is 2.52 bits per heavy atom. The van der Waals surface area contributed by atoms with Crippen molar-refractivity contribution in [2.24, 2.45) is 0 Å². The lowest BCUT2D eigenvalue weighted by Gasteiger charge is -2.08. The van der Waals surface area contributed by atoms with Crippen LogP contribution in [0, 0.1) is 28.7 Å². The summed E-state index contributed by atoms with van der Waals surface area (Å²) in [6, 6.07) is 7.04. The van der Waals surface area contributed by atoms with Crippen molar-refractivity contribution in [3.8, 4) is 0 Å². The van der Waals surface area contributed by atoms with Gasteiger partial charge >= 0.3 is 0 Å². The lowest BCUT2D eigenvalue weighted by molar-refractivity contribution is -0.384. The van der Waals surface area contributed by atoms with Gasteiger partial charge in [-0.2, -0.15) is 0 Å². The highest BCUT2D eigenvalue weighted by Gasteiger charge is 2.21. The van der Waals surface area contributed by atoms with Crippen molar-refractivity contribution in [1.82, 2.24) is 0 Å². The monoisotopic (exact) mass is 292 g/mol. The molecule has 0 radical (unpaired) electrons. The third kappa shape index (κ3) is 3.02. The van der Waals surface area contributed by atoms with E-state index < -0.39 is 33.8 Å². The van der Waals surface area contributed by atoms with Crippen LogP contribution in [0.15, 0.2) is 36.4 Å². The molecule has 2 rings (SSSR count). The third-order valence-electron chi connectivity index (χ3n) is 2.80. The highest BCUT2D eigenvalue weighted by molar-refractivity contribution is 6.05. The zero-order valence-electron chi connectivity index (χ0n) is 10.9. The maximum atomic E-state index is 13.7. The van der Waals surface area contributed by atoms with E-state index in [0.717, 1.165) is 24.3 Å².